The Kier molecular flexibility index (Phi) is 5.87. The van der Waals surface area contributed by atoms with Crippen LogP contribution in [0.2, 0.25) is 0 Å². The van der Waals surface area contributed by atoms with Crippen LogP contribution in [-0.4, -0.2) is 46.1 Å². The van der Waals surface area contributed by atoms with E-state index in [1.165, 1.54) is 17.7 Å². The first-order chi connectivity index (χ1) is 16.1. The Morgan fingerprint density at radius 2 is 2.00 bits per heavy atom. The molecule has 9 heteroatoms. The van der Waals surface area contributed by atoms with Crippen molar-refractivity contribution < 1.29 is 18.3 Å². The second kappa shape index (κ2) is 9.11. The van der Waals surface area contributed by atoms with Gasteiger partial charge in [-0.1, -0.05) is 0 Å². The Labute approximate surface area is 189 Å². The largest absolute Gasteiger partial charge is 0.492 e. The number of aromatic nitrogens is 4. The Balaban J connectivity index is 1.24. The van der Waals surface area contributed by atoms with E-state index in [4.69, 9.17) is 14.6 Å². The van der Waals surface area contributed by atoms with E-state index in [9.17, 15) is 8.78 Å². The fourth-order valence-electron chi connectivity index (χ4n) is 4.14. The summed E-state index contributed by atoms with van der Waals surface area (Å²) < 4.78 is 39.1. The van der Waals surface area contributed by atoms with Gasteiger partial charge in [0.2, 0.25) is 5.88 Å². The van der Waals surface area contributed by atoms with Crippen LogP contribution in [0.4, 0.5) is 8.78 Å². The van der Waals surface area contributed by atoms with Crippen LogP contribution in [0.25, 0.3) is 16.7 Å². The Bertz CT molecular complexity index is 1270. The van der Waals surface area contributed by atoms with Gasteiger partial charge in [-0.2, -0.15) is 5.10 Å². The monoisotopic (exact) mass is 451 g/mol. The number of methoxy groups -OCH3 is 1. The molecule has 0 radical (unpaired) electrons. The molecule has 3 aromatic heterocycles. The highest BCUT2D eigenvalue weighted by molar-refractivity contribution is 5.83. The van der Waals surface area contributed by atoms with Crippen LogP contribution in [0.5, 0.6) is 11.6 Å². The third kappa shape index (κ3) is 4.63. The third-order valence-electron chi connectivity index (χ3n) is 5.71. The number of nitrogens with one attached hydrogen (secondary N) is 1. The van der Waals surface area contributed by atoms with Gasteiger partial charge < -0.3 is 14.8 Å². The van der Waals surface area contributed by atoms with Crippen molar-refractivity contribution in [3.05, 3.63) is 71.7 Å². The highest BCUT2D eigenvalue weighted by Gasteiger charge is 2.22. The van der Waals surface area contributed by atoms with Gasteiger partial charge in [0.05, 0.1) is 24.0 Å². The number of ether oxygens (including phenoxy) is 2. The molecule has 170 valence electrons. The summed E-state index contributed by atoms with van der Waals surface area (Å²) in [7, 11) is 1.59. The zero-order valence-corrected chi connectivity index (χ0v) is 18.1. The van der Waals surface area contributed by atoms with Crippen LogP contribution in [0, 0.1) is 11.6 Å². The molecular weight excluding hydrogens is 428 g/mol. The molecule has 1 N–H and O–H groups in total. The lowest BCUT2D eigenvalue weighted by Gasteiger charge is -2.22. The van der Waals surface area contributed by atoms with E-state index in [2.05, 4.69) is 15.3 Å². The standard InChI is InChI=1S/C24H23F2N5O2/c1-32-23-5-4-21-24(29-23)22(6-7-28-21)31-14-15-10-18(2-3-20(15)30-31)27-8-9-33-19-12-16(25)11-17(26)13-19/h4-7,11-14,18,27H,2-3,8-10H2,1H3. The van der Waals surface area contributed by atoms with E-state index in [1.807, 2.05) is 23.0 Å². The van der Waals surface area contributed by atoms with Gasteiger partial charge >= 0.3 is 0 Å². The first kappa shape index (κ1) is 21.3. The number of rotatable bonds is 7. The van der Waals surface area contributed by atoms with Gasteiger partial charge in [0.15, 0.2) is 0 Å². The minimum Gasteiger partial charge on any atom is -0.492 e. The average molecular weight is 451 g/mol. The summed E-state index contributed by atoms with van der Waals surface area (Å²) in [6.45, 7) is 0.896. The topological polar surface area (TPSA) is 74.1 Å². The quantitative estimate of drug-likeness (QED) is 0.433. The summed E-state index contributed by atoms with van der Waals surface area (Å²) in [6.07, 6.45) is 6.44. The molecule has 5 rings (SSSR count). The van der Waals surface area contributed by atoms with E-state index < -0.39 is 11.6 Å². The normalized spacial score (nSPS) is 15.4. The number of hydrogen-bond acceptors (Lipinski definition) is 6. The molecule has 0 bridgehead atoms. The summed E-state index contributed by atoms with van der Waals surface area (Å²) >= 11 is 0. The van der Waals surface area contributed by atoms with Gasteiger partial charge in [0.1, 0.15) is 29.5 Å². The Morgan fingerprint density at radius 1 is 1.15 bits per heavy atom. The van der Waals surface area contributed by atoms with Crippen molar-refractivity contribution in [3.8, 4) is 17.3 Å². The van der Waals surface area contributed by atoms with Crippen molar-refractivity contribution in [2.24, 2.45) is 0 Å². The highest BCUT2D eigenvalue weighted by atomic mass is 19.1. The number of hydrogen-bond donors (Lipinski definition) is 1. The van der Waals surface area contributed by atoms with Crippen LogP contribution >= 0.6 is 0 Å². The molecule has 0 saturated heterocycles. The lowest BCUT2D eigenvalue weighted by atomic mass is 9.93. The maximum absolute atomic E-state index is 13.3. The molecule has 0 fully saturated rings. The van der Waals surface area contributed by atoms with Crippen LogP contribution in [-0.2, 0) is 12.8 Å². The lowest BCUT2D eigenvalue weighted by Crippen LogP contribution is -2.36. The molecule has 0 saturated carbocycles. The molecule has 3 heterocycles. The zero-order valence-electron chi connectivity index (χ0n) is 18.1. The number of nitrogens with zero attached hydrogens (tertiary/aromatic N) is 4. The fourth-order valence-corrected chi connectivity index (χ4v) is 4.14. The highest BCUT2D eigenvalue weighted by Crippen LogP contribution is 2.25. The molecule has 1 aliphatic rings. The van der Waals surface area contributed by atoms with E-state index in [1.54, 1.807) is 19.4 Å². The Morgan fingerprint density at radius 3 is 2.82 bits per heavy atom. The van der Waals surface area contributed by atoms with Crippen LogP contribution < -0.4 is 14.8 Å². The smallest absolute Gasteiger partial charge is 0.213 e. The van der Waals surface area contributed by atoms with Crippen LogP contribution in [0.15, 0.2) is 48.8 Å². The predicted octanol–water partition coefficient (Wildman–Crippen LogP) is 3.63. The first-order valence-electron chi connectivity index (χ1n) is 10.8. The second-order valence-corrected chi connectivity index (χ2v) is 7.94. The maximum atomic E-state index is 13.3. The third-order valence-corrected chi connectivity index (χ3v) is 5.71. The number of pyridine rings is 2. The maximum Gasteiger partial charge on any atom is 0.213 e. The van der Waals surface area contributed by atoms with Gasteiger partial charge in [-0.3, -0.25) is 4.98 Å². The average Bonchev–Trinajstić information content (AvgIpc) is 3.23. The minimum absolute atomic E-state index is 0.191. The van der Waals surface area contributed by atoms with E-state index >= 15 is 0 Å². The summed E-state index contributed by atoms with van der Waals surface area (Å²) in [4.78, 5) is 8.95. The summed E-state index contributed by atoms with van der Waals surface area (Å²) in [6, 6.07) is 9.03. The molecule has 1 aliphatic carbocycles. The number of fused-ring (bicyclic) bond motifs is 2. The van der Waals surface area contributed by atoms with E-state index in [0.717, 1.165) is 47.7 Å². The van der Waals surface area contributed by atoms with E-state index in [-0.39, 0.29) is 11.8 Å². The minimum atomic E-state index is -0.648. The van der Waals surface area contributed by atoms with Crippen LogP contribution in [0.3, 0.4) is 0 Å². The molecule has 0 spiro atoms. The molecule has 1 aromatic carbocycles. The molecule has 0 amide bonds. The molecule has 1 unspecified atom stereocenters. The summed E-state index contributed by atoms with van der Waals surface area (Å²) in [5.41, 5.74) is 4.62. The van der Waals surface area contributed by atoms with Crippen LogP contribution in [0.1, 0.15) is 17.7 Å². The number of halogens is 2. The van der Waals surface area contributed by atoms with Gasteiger partial charge in [0.25, 0.3) is 0 Å². The fraction of sp³-hybridized carbons (Fsp3) is 0.292. The molecule has 0 aliphatic heterocycles. The van der Waals surface area contributed by atoms with E-state index in [0.29, 0.717) is 19.0 Å². The predicted molar refractivity (Wildman–Crippen MR) is 119 cm³/mol. The van der Waals surface area contributed by atoms with Crippen molar-refractivity contribution in [3.63, 3.8) is 0 Å². The van der Waals surface area contributed by atoms with Gasteiger partial charge in [-0.05, 0) is 37.0 Å². The SMILES string of the molecule is COc1ccc2nccc(-n3cc4c(n3)CCC(NCCOc3cc(F)cc(F)c3)C4)c2n1. The number of aryl methyl sites for hydroxylation is 1. The van der Waals surface area contributed by atoms with Gasteiger partial charge in [-0.25, -0.2) is 18.4 Å². The second-order valence-electron chi connectivity index (χ2n) is 7.94. The van der Waals surface area contributed by atoms with Gasteiger partial charge in [0, 0.05) is 49.2 Å². The van der Waals surface area contributed by atoms with Gasteiger partial charge in [-0.15, -0.1) is 0 Å². The van der Waals surface area contributed by atoms with Crippen molar-refractivity contribution in [1.82, 2.24) is 25.1 Å². The summed E-state index contributed by atoms with van der Waals surface area (Å²) in [5, 5.41) is 8.27. The molecule has 7 nitrogen and oxygen atoms in total. The molecule has 1 atom stereocenters. The van der Waals surface area contributed by atoms with Crippen molar-refractivity contribution in [2.75, 3.05) is 20.3 Å². The lowest BCUT2D eigenvalue weighted by molar-refractivity contribution is 0.297. The van der Waals surface area contributed by atoms with Crippen molar-refractivity contribution in [2.45, 2.75) is 25.3 Å². The zero-order chi connectivity index (χ0) is 22.8. The van der Waals surface area contributed by atoms with Crippen molar-refractivity contribution >= 4 is 11.0 Å². The Hall–Kier alpha value is -3.59. The molecule has 4 aromatic rings. The number of benzene rings is 1. The molecular formula is C24H23F2N5O2. The summed E-state index contributed by atoms with van der Waals surface area (Å²) in [5.74, 6) is -0.576. The van der Waals surface area contributed by atoms with Crippen molar-refractivity contribution in [1.29, 1.82) is 0 Å². The molecule has 33 heavy (non-hydrogen) atoms. The first-order valence-corrected chi connectivity index (χ1v) is 10.8.